The Kier molecular flexibility index (Phi) is 4.48. The van der Waals surface area contributed by atoms with Gasteiger partial charge >= 0.3 is 0 Å². The fourth-order valence-electron chi connectivity index (χ4n) is 3.88. The molecule has 29 heavy (non-hydrogen) atoms. The van der Waals surface area contributed by atoms with Crippen molar-refractivity contribution in [3.05, 3.63) is 90.3 Å². The Labute approximate surface area is 169 Å². The molecular formula is C24H21N3O2. The summed E-state index contributed by atoms with van der Waals surface area (Å²) >= 11 is 0. The second kappa shape index (κ2) is 7.43. The van der Waals surface area contributed by atoms with Crippen molar-refractivity contribution in [1.29, 1.82) is 0 Å². The SMILES string of the molecule is O=C(c1ccc(Oc2ccccc2)cc1)N1CCC[C@@H]1c1nc2ccccc2[nH]1. The Bertz CT molecular complexity index is 1100. The molecule has 1 atom stereocenters. The largest absolute Gasteiger partial charge is 0.457 e. The van der Waals surface area contributed by atoms with Crippen molar-refractivity contribution in [2.75, 3.05) is 6.54 Å². The molecule has 1 N–H and O–H groups in total. The van der Waals surface area contributed by atoms with Crippen LogP contribution >= 0.6 is 0 Å². The second-order valence-electron chi connectivity index (χ2n) is 7.24. The molecule has 5 heteroatoms. The number of para-hydroxylation sites is 3. The molecule has 1 fully saturated rings. The van der Waals surface area contributed by atoms with E-state index in [1.807, 2.05) is 83.8 Å². The highest BCUT2D eigenvalue weighted by molar-refractivity contribution is 5.94. The van der Waals surface area contributed by atoms with Crippen LogP contribution in [0, 0.1) is 0 Å². The number of hydrogen-bond acceptors (Lipinski definition) is 3. The molecule has 1 aliphatic rings. The molecule has 5 rings (SSSR count). The molecule has 1 amide bonds. The normalized spacial score (nSPS) is 16.3. The number of benzene rings is 3. The number of rotatable bonds is 4. The predicted molar refractivity (Wildman–Crippen MR) is 112 cm³/mol. The number of carbonyl (C=O) groups excluding carboxylic acids is 1. The average molecular weight is 383 g/mol. The summed E-state index contributed by atoms with van der Waals surface area (Å²) in [4.78, 5) is 23.2. The Morgan fingerprint density at radius 1 is 0.931 bits per heavy atom. The Hall–Kier alpha value is -3.60. The summed E-state index contributed by atoms with van der Waals surface area (Å²) in [6.45, 7) is 0.739. The van der Waals surface area contributed by atoms with Crippen LogP contribution in [0.4, 0.5) is 0 Å². The first-order valence-electron chi connectivity index (χ1n) is 9.86. The van der Waals surface area contributed by atoms with Crippen molar-refractivity contribution in [3.8, 4) is 11.5 Å². The Morgan fingerprint density at radius 3 is 2.45 bits per heavy atom. The minimum absolute atomic E-state index is 0.0184. The molecule has 2 heterocycles. The van der Waals surface area contributed by atoms with Gasteiger partial charge in [-0.2, -0.15) is 0 Å². The van der Waals surface area contributed by atoms with E-state index in [9.17, 15) is 4.79 Å². The lowest BCUT2D eigenvalue weighted by atomic mass is 10.1. The number of fused-ring (bicyclic) bond motifs is 1. The smallest absolute Gasteiger partial charge is 0.254 e. The summed E-state index contributed by atoms with van der Waals surface area (Å²) in [6, 6.07) is 24.9. The van der Waals surface area contributed by atoms with Crippen LogP contribution in [-0.4, -0.2) is 27.3 Å². The van der Waals surface area contributed by atoms with E-state index in [4.69, 9.17) is 9.72 Å². The third-order valence-electron chi connectivity index (χ3n) is 5.32. The number of nitrogens with one attached hydrogen (secondary N) is 1. The number of aromatic amines is 1. The van der Waals surface area contributed by atoms with Crippen molar-refractivity contribution in [1.82, 2.24) is 14.9 Å². The van der Waals surface area contributed by atoms with Gasteiger partial charge in [0.2, 0.25) is 0 Å². The van der Waals surface area contributed by atoms with Gasteiger partial charge in [0, 0.05) is 12.1 Å². The van der Waals surface area contributed by atoms with Crippen LogP contribution in [-0.2, 0) is 0 Å². The van der Waals surface area contributed by atoms with Crippen LogP contribution in [0.5, 0.6) is 11.5 Å². The Balaban J connectivity index is 1.35. The summed E-state index contributed by atoms with van der Waals surface area (Å²) in [5.74, 6) is 2.37. The Morgan fingerprint density at radius 2 is 1.66 bits per heavy atom. The van der Waals surface area contributed by atoms with Gasteiger partial charge in [0.1, 0.15) is 17.3 Å². The molecule has 0 unspecified atom stereocenters. The number of carbonyl (C=O) groups is 1. The molecule has 144 valence electrons. The summed E-state index contributed by atoms with van der Waals surface area (Å²) < 4.78 is 5.82. The predicted octanol–water partition coefficient (Wildman–Crippen LogP) is 5.33. The highest BCUT2D eigenvalue weighted by atomic mass is 16.5. The molecule has 4 aromatic rings. The van der Waals surface area contributed by atoms with Gasteiger partial charge in [-0.05, 0) is 61.4 Å². The van der Waals surface area contributed by atoms with Crippen molar-refractivity contribution in [2.24, 2.45) is 0 Å². The fraction of sp³-hybridized carbons (Fsp3) is 0.167. The van der Waals surface area contributed by atoms with Crippen LogP contribution in [0.2, 0.25) is 0 Å². The zero-order valence-electron chi connectivity index (χ0n) is 15.9. The number of hydrogen-bond donors (Lipinski definition) is 1. The lowest BCUT2D eigenvalue weighted by Crippen LogP contribution is -2.31. The standard InChI is InChI=1S/C24H21N3O2/c28-24(17-12-14-19(15-13-17)29-18-7-2-1-3-8-18)27-16-6-11-22(27)23-25-20-9-4-5-10-21(20)26-23/h1-5,7-10,12-15,22H,6,11,16H2,(H,25,26)/t22-/m1/s1. The monoisotopic (exact) mass is 383 g/mol. The summed E-state index contributed by atoms with van der Waals surface area (Å²) in [6.07, 6.45) is 1.89. The van der Waals surface area contributed by atoms with Gasteiger partial charge in [-0.1, -0.05) is 30.3 Å². The summed E-state index contributed by atoms with van der Waals surface area (Å²) in [7, 11) is 0. The van der Waals surface area contributed by atoms with Crippen molar-refractivity contribution in [3.63, 3.8) is 0 Å². The van der Waals surface area contributed by atoms with Gasteiger partial charge in [0.15, 0.2) is 0 Å². The van der Waals surface area contributed by atoms with Crippen LogP contribution in [0.1, 0.15) is 35.1 Å². The highest BCUT2D eigenvalue weighted by Gasteiger charge is 2.32. The van der Waals surface area contributed by atoms with Crippen molar-refractivity contribution in [2.45, 2.75) is 18.9 Å². The molecule has 0 aliphatic carbocycles. The molecule has 1 saturated heterocycles. The maximum atomic E-state index is 13.2. The lowest BCUT2D eigenvalue weighted by Gasteiger charge is -2.23. The van der Waals surface area contributed by atoms with Crippen molar-refractivity contribution >= 4 is 16.9 Å². The van der Waals surface area contributed by atoms with Crippen LogP contribution in [0.15, 0.2) is 78.9 Å². The second-order valence-corrected chi connectivity index (χ2v) is 7.24. The van der Waals surface area contributed by atoms with E-state index < -0.39 is 0 Å². The topological polar surface area (TPSA) is 58.2 Å². The molecule has 5 nitrogen and oxygen atoms in total. The molecule has 0 spiro atoms. The lowest BCUT2D eigenvalue weighted by molar-refractivity contribution is 0.0730. The van der Waals surface area contributed by atoms with E-state index in [1.165, 1.54) is 0 Å². The van der Waals surface area contributed by atoms with Gasteiger partial charge in [-0.3, -0.25) is 4.79 Å². The number of nitrogens with zero attached hydrogens (tertiary/aromatic N) is 2. The molecule has 0 radical (unpaired) electrons. The number of ether oxygens (including phenoxy) is 1. The third kappa shape index (κ3) is 3.47. The molecule has 0 saturated carbocycles. The molecule has 1 aromatic heterocycles. The number of amides is 1. The van der Waals surface area contributed by atoms with Gasteiger partial charge < -0.3 is 14.6 Å². The molecular weight excluding hydrogens is 362 g/mol. The van der Waals surface area contributed by atoms with Gasteiger partial charge in [-0.25, -0.2) is 4.98 Å². The minimum Gasteiger partial charge on any atom is -0.457 e. The first-order chi connectivity index (χ1) is 14.3. The number of likely N-dealkylation sites (tertiary alicyclic amines) is 1. The van der Waals surface area contributed by atoms with E-state index in [0.717, 1.165) is 42.0 Å². The van der Waals surface area contributed by atoms with E-state index >= 15 is 0 Å². The van der Waals surface area contributed by atoms with Gasteiger partial charge in [0.25, 0.3) is 5.91 Å². The van der Waals surface area contributed by atoms with E-state index in [2.05, 4.69) is 4.98 Å². The number of imidazole rings is 1. The zero-order chi connectivity index (χ0) is 19.6. The molecule has 3 aromatic carbocycles. The quantitative estimate of drug-likeness (QED) is 0.518. The van der Waals surface area contributed by atoms with E-state index in [0.29, 0.717) is 11.3 Å². The minimum atomic E-state index is -0.0184. The third-order valence-corrected chi connectivity index (χ3v) is 5.32. The number of aromatic nitrogens is 2. The zero-order valence-corrected chi connectivity index (χ0v) is 15.9. The van der Waals surface area contributed by atoms with E-state index in [-0.39, 0.29) is 11.9 Å². The summed E-state index contributed by atoms with van der Waals surface area (Å²) in [5.41, 5.74) is 2.60. The highest BCUT2D eigenvalue weighted by Crippen LogP contribution is 2.33. The first kappa shape index (κ1) is 17.5. The van der Waals surface area contributed by atoms with Gasteiger partial charge in [0.05, 0.1) is 17.1 Å². The summed E-state index contributed by atoms with van der Waals surface area (Å²) in [5, 5.41) is 0. The van der Waals surface area contributed by atoms with Crippen LogP contribution < -0.4 is 4.74 Å². The maximum absolute atomic E-state index is 13.2. The molecule has 0 bridgehead atoms. The first-order valence-corrected chi connectivity index (χ1v) is 9.86. The average Bonchev–Trinajstić information content (AvgIpc) is 3.41. The van der Waals surface area contributed by atoms with E-state index in [1.54, 1.807) is 0 Å². The van der Waals surface area contributed by atoms with Crippen LogP contribution in [0.25, 0.3) is 11.0 Å². The maximum Gasteiger partial charge on any atom is 0.254 e. The fourth-order valence-corrected chi connectivity index (χ4v) is 3.88. The van der Waals surface area contributed by atoms with Crippen LogP contribution in [0.3, 0.4) is 0 Å². The van der Waals surface area contributed by atoms with Gasteiger partial charge in [-0.15, -0.1) is 0 Å². The molecule has 1 aliphatic heterocycles. The van der Waals surface area contributed by atoms with Crippen molar-refractivity contribution < 1.29 is 9.53 Å². The number of H-pyrrole nitrogens is 1.